The molecule has 2 rings (SSSR count). The van der Waals surface area contributed by atoms with Crippen LogP contribution in [0.1, 0.15) is 30.0 Å². The molecule has 0 unspecified atom stereocenters. The number of benzene rings is 1. The molecule has 0 amide bonds. The van der Waals surface area contributed by atoms with Crippen molar-refractivity contribution in [3.05, 3.63) is 47.8 Å². The first-order valence-corrected chi connectivity index (χ1v) is 7.36. The number of allylic oxidation sites excluding steroid dienone is 1. The summed E-state index contributed by atoms with van der Waals surface area (Å²) < 4.78 is 52.8. The van der Waals surface area contributed by atoms with Gasteiger partial charge < -0.3 is 5.32 Å². The van der Waals surface area contributed by atoms with Gasteiger partial charge in [0.05, 0.1) is 5.56 Å². The van der Waals surface area contributed by atoms with Crippen molar-refractivity contribution in [2.45, 2.75) is 25.1 Å². The Morgan fingerprint density at radius 2 is 1.83 bits per heavy atom. The third-order valence-corrected chi connectivity index (χ3v) is 3.92. The highest BCUT2D eigenvalue weighted by Crippen LogP contribution is 2.35. The van der Waals surface area contributed by atoms with Crippen molar-refractivity contribution in [2.24, 2.45) is 0 Å². The van der Waals surface area contributed by atoms with Gasteiger partial charge in [-0.2, -0.15) is 13.2 Å². The SMILES string of the molecule is C=CCC[C@H](c1cc(C(F)(F)F)ccc1F)N1CCNCC1.Cl.Cl. The molecule has 138 valence electrons. The molecule has 1 aliphatic rings. The standard InChI is InChI=1S/C16H20F4N2.2ClH/c1-2-3-4-15(22-9-7-21-8-10-22)13-11-12(16(18,19)20)5-6-14(13)17;;/h2,5-6,11,15,21H,1,3-4,7-10H2;2*1H/t15-;;/m1../s1. The van der Waals surface area contributed by atoms with Gasteiger partial charge in [0.2, 0.25) is 0 Å². The van der Waals surface area contributed by atoms with Gasteiger partial charge in [0.25, 0.3) is 0 Å². The molecule has 0 bridgehead atoms. The van der Waals surface area contributed by atoms with E-state index in [1.54, 1.807) is 6.08 Å². The summed E-state index contributed by atoms with van der Waals surface area (Å²) in [4.78, 5) is 2.04. The van der Waals surface area contributed by atoms with E-state index in [0.29, 0.717) is 25.9 Å². The largest absolute Gasteiger partial charge is 0.416 e. The van der Waals surface area contributed by atoms with Crippen molar-refractivity contribution < 1.29 is 17.6 Å². The molecule has 24 heavy (non-hydrogen) atoms. The normalized spacial score (nSPS) is 16.7. The predicted octanol–water partition coefficient (Wildman–Crippen LogP) is 4.60. The summed E-state index contributed by atoms with van der Waals surface area (Å²) in [6.07, 6.45) is -1.57. The van der Waals surface area contributed by atoms with Crippen LogP contribution in [0.2, 0.25) is 0 Å². The van der Waals surface area contributed by atoms with Gasteiger partial charge in [-0.25, -0.2) is 4.39 Å². The number of nitrogens with zero attached hydrogens (tertiary/aromatic N) is 1. The van der Waals surface area contributed by atoms with E-state index in [2.05, 4.69) is 11.9 Å². The van der Waals surface area contributed by atoms with Crippen LogP contribution in [0.15, 0.2) is 30.9 Å². The monoisotopic (exact) mass is 388 g/mol. The first kappa shape index (κ1) is 23.2. The number of halogens is 6. The van der Waals surface area contributed by atoms with Gasteiger partial charge in [0.15, 0.2) is 0 Å². The molecule has 1 aromatic rings. The third-order valence-electron chi connectivity index (χ3n) is 3.92. The van der Waals surface area contributed by atoms with Crippen molar-refractivity contribution >= 4 is 24.8 Å². The number of nitrogens with one attached hydrogen (secondary N) is 1. The lowest BCUT2D eigenvalue weighted by Gasteiger charge is -2.35. The van der Waals surface area contributed by atoms with Gasteiger partial charge in [-0.3, -0.25) is 4.90 Å². The summed E-state index contributed by atoms with van der Waals surface area (Å²) in [5.74, 6) is -0.583. The Kier molecular flexibility index (Phi) is 9.88. The molecule has 1 saturated heterocycles. The lowest BCUT2D eigenvalue weighted by atomic mass is 9.97. The van der Waals surface area contributed by atoms with Gasteiger partial charge in [-0.05, 0) is 31.0 Å². The fourth-order valence-corrected chi connectivity index (χ4v) is 2.78. The second-order valence-corrected chi connectivity index (χ2v) is 5.40. The van der Waals surface area contributed by atoms with Crippen molar-refractivity contribution in [1.29, 1.82) is 0 Å². The van der Waals surface area contributed by atoms with E-state index < -0.39 is 17.6 Å². The second-order valence-electron chi connectivity index (χ2n) is 5.40. The fourth-order valence-electron chi connectivity index (χ4n) is 2.78. The van der Waals surface area contributed by atoms with Crippen LogP contribution in [0.5, 0.6) is 0 Å². The molecule has 1 fully saturated rings. The molecule has 8 heteroatoms. The van der Waals surface area contributed by atoms with E-state index in [-0.39, 0.29) is 36.4 Å². The number of hydrogen-bond donors (Lipinski definition) is 1. The summed E-state index contributed by atoms with van der Waals surface area (Å²) in [7, 11) is 0. The topological polar surface area (TPSA) is 15.3 Å². The highest BCUT2D eigenvalue weighted by molar-refractivity contribution is 5.85. The van der Waals surface area contributed by atoms with Crippen LogP contribution in [-0.2, 0) is 6.18 Å². The average Bonchev–Trinajstić information content (AvgIpc) is 2.49. The quantitative estimate of drug-likeness (QED) is 0.585. The Labute approximate surface area is 152 Å². The molecule has 1 aromatic carbocycles. The van der Waals surface area contributed by atoms with E-state index in [9.17, 15) is 17.6 Å². The maximum absolute atomic E-state index is 14.2. The summed E-state index contributed by atoms with van der Waals surface area (Å²) in [6.45, 7) is 6.54. The Balaban J connectivity index is 0.00000264. The van der Waals surface area contributed by atoms with Crippen molar-refractivity contribution in [3.8, 4) is 0 Å². The highest BCUT2D eigenvalue weighted by atomic mass is 35.5. The molecular weight excluding hydrogens is 367 g/mol. The van der Waals surface area contributed by atoms with Crippen LogP contribution in [0.25, 0.3) is 0 Å². The van der Waals surface area contributed by atoms with Crippen molar-refractivity contribution in [2.75, 3.05) is 26.2 Å². The van der Waals surface area contributed by atoms with Gasteiger partial charge in [0.1, 0.15) is 5.82 Å². The van der Waals surface area contributed by atoms with Crippen LogP contribution in [-0.4, -0.2) is 31.1 Å². The molecule has 0 radical (unpaired) electrons. The van der Waals surface area contributed by atoms with Gasteiger partial charge in [0, 0.05) is 37.8 Å². The lowest BCUT2D eigenvalue weighted by molar-refractivity contribution is -0.137. The van der Waals surface area contributed by atoms with Crippen LogP contribution in [0.4, 0.5) is 17.6 Å². The maximum Gasteiger partial charge on any atom is 0.416 e. The molecular formula is C16H22Cl2F4N2. The average molecular weight is 389 g/mol. The third kappa shape index (κ3) is 5.92. The second kappa shape index (κ2) is 10.2. The summed E-state index contributed by atoms with van der Waals surface area (Å²) in [6, 6.07) is 2.30. The van der Waals surface area contributed by atoms with Gasteiger partial charge >= 0.3 is 6.18 Å². The van der Waals surface area contributed by atoms with E-state index in [1.807, 2.05) is 4.90 Å². The number of piperazine rings is 1. The number of rotatable bonds is 5. The minimum atomic E-state index is -4.46. The zero-order chi connectivity index (χ0) is 16.2. The molecule has 0 aromatic heterocycles. The molecule has 0 aliphatic carbocycles. The van der Waals surface area contributed by atoms with Crippen molar-refractivity contribution in [3.63, 3.8) is 0 Å². The fraction of sp³-hybridized carbons (Fsp3) is 0.500. The van der Waals surface area contributed by atoms with Crippen molar-refractivity contribution in [1.82, 2.24) is 10.2 Å². The molecule has 1 atom stereocenters. The van der Waals surface area contributed by atoms with E-state index in [0.717, 1.165) is 31.3 Å². The smallest absolute Gasteiger partial charge is 0.314 e. The first-order chi connectivity index (χ1) is 10.4. The summed E-state index contributed by atoms with van der Waals surface area (Å²) in [5.41, 5.74) is -0.679. The summed E-state index contributed by atoms with van der Waals surface area (Å²) >= 11 is 0. The van der Waals surface area contributed by atoms with Gasteiger partial charge in [-0.15, -0.1) is 31.4 Å². The van der Waals surface area contributed by atoms with Crippen LogP contribution < -0.4 is 5.32 Å². The Morgan fingerprint density at radius 3 is 2.38 bits per heavy atom. The molecule has 1 heterocycles. The Bertz CT molecular complexity index is 517. The zero-order valence-electron chi connectivity index (χ0n) is 13.1. The van der Waals surface area contributed by atoms with Crippen LogP contribution in [0, 0.1) is 5.82 Å². The minimum absolute atomic E-state index is 0. The first-order valence-electron chi connectivity index (χ1n) is 7.36. The molecule has 0 spiro atoms. The highest BCUT2D eigenvalue weighted by Gasteiger charge is 2.33. The Hall–Kier alpha value is -0.820. The molecule has 2 nitrogen and oxygen atoms in total. The molecule has 1 N–H and O–H groups in total. The predicted molar refractivity (Wildman–Crippen MR) is 92.5 cm³/mol. The minimum Gasteiger partial charge on any atom is -0.314 e. The number of alkyl halides is 3. The van der Waals surface area contributed by atoms with E-state index >= 15 is 0 Å². The molecule has 0 saturated carbocycles. The summed E-state index contributed by atoms with van der Waals surface area (Å²) in [5, 5.41) is 3.19. The van der Waals surface area contributed by atoms with E-state index in [4.69, 9.17) is 0 Å². The van der Waals surface area contributed by atoms with Gasteiger partial charge in [-0.1, -0.05) is 6.08 Å². The molecule has 1 aliphatic heterocycles. The van der Waals surface area contributed by atoms with Crippen LogP contribution in [0.3, 0.4) is 0 Å². The van der Waals surface area contributed by atoms with E-state index in [1.165, 1.54) is 0 Å². The maximum atomic E-state index is 14.2. The Morgan fingerprint density at radius 1 is 1.21 bits per heavy atom. The lowest BCUT2D eigenvalue weighted by Crippen LogP contribution is -2.45. The number of hydrogen-bond acceptors (Lipinski definition) is 2. The van der Waals surface area contributed by atoms with Crippen LogP contribution >= 0.6 is 24.8 Å². The zero-order valence-corrected chi connectivity index (χ0v) is 14.7.